The average Bonchev–Trinajstić information content (AvgIpc) is 3.11. The van der Waals surface area contributed by atoms with Crippen molar-refractivity contribution < 1.29 is 9.59 Å². The maximum atomic E-state index is 12.1. The molecule has 17 heavy (non-hydrogen) atoms. The van der Waals surface area contributed by atoms with E-state index in [9.17, 15) is 9.59 Å². The van der Waals surface area contributed by atoms with Crippen LogP contribution in [-0.4, -0.2) is 11.7 Å². The lowest BCUT2D eigenvalue weighted by molar-refractivity contribution is -0.114. The highest BCUT2D eigenvalue weighted by Crippen LogP contribution is 2.38. The standard InChI is InChI=1S/C14H17NO2/c1-9(11-3-4-11)14(17)12-5-7-13(8-6-12)15-10(2)16/h5-9,11H,3-4H2,1-2H3,(H,15,16). The van der Waals surface area contributed by atoms with E-state index in [1.165, 1.54) is 19.8 Å². The van der Waals surface area contributed by atoms with Crippen molar-refractivity contribution in [2.75, 3.05) is 5.32 Å². The van der Waals surface area contributed by atoms with Crippen molar-refractivity contribution in [1.29, 1.82) is 0 Å². The first kappa shape index (κ1) is 11.8. The Morgan fingerprint density at radius 3 is 2.29 bits per heavy atom. The minimum atomic E-state index is -0.101. The zero-order valence-electron chi connectivity index (χ0n) is 10.2. The van der Waals surface area contributed by atoms with Gasteiger partial charge in [-0.3, -0.25) is 9.59 Å². The van der Waals surface area contributed by atoms with Crippen LogP contribution in [0.15, 0.2) is 24.3 Å². The second-order valence-electron chi connectivity index (χ2n) is 4.75. The van der Waals surface area contributed by atoms with Crippen molar-refractivity contribution in [3.8, 4) is 0 Å². The van der Waals surface area contributed by atoms with Crippen LogP contribution in [0, 0.1) is 11.8 Å². The number of hydrogen-bond donors (Lipinski definition) is 1. The molecule has 0 saturated heterocycles. The van der Waals surface area contributed by atoms with Gasteiger partial charge >= 0.3 is 0 Å². The summed E-state index contributed by atoms with van der Waals surface area (Å²) < 4.78 is 0. The van der Waals surface area contributed by atoms with Crippen LogP contribution in [0.25, 0.3) is 0 Å². The first-order valence-electron chi connectivity index (χ1n) is 6.00. The Bertz CT molecular complexity index is 432. The van der Waals surface area contributed by atoms with Crippen LogP contribution >= 0.6 is 0 Å². The van der Waals surface area contributed by atoms with Gasteiger partial charge < -0.3 is 5.32 Å². The van der Waals surface area contributed by atoms with Gasteiger partial charge in [-0.05, 0) is 43.0 Å². The van der Waals surface area contributed by atoms with Crippen molar-refractivity contribution in [2.24, 2.45) is 11.8 Å². The Morgan fingerprint density at radius 2 is 1.82 bits per heavy atom. The molecule has 1 aliphatic rings. The molecule has 1 aromatic rings. The lowest BCUT2D eigenvalue weighted by atomic mass is 9.95. The molecule has 3 nitrogen and oxygen atoms in total. The van der Waals surface area contributed by atoms with Gasteiger partial charge in [0.15, 0.2) is 5.78 Å². The van der Waals surface area contributed by atoms with Crippen LogP contribution in [0.3, 0.4) is 0 Å². The fourth-order valence-electron chi connectivity index (χ4n) is 1.99. The predicted octanol–water partition coefficient (Wildman–Crippen LogP) is 2.87. The lowest BCUT2D eigenvalue weighted by Gasteiger charge is -2.09. The molecule has 2 rings (SSSR count). The van der Waals surface area contributed by atoms with Gasteiger partial charge in [0.25, 0.3) is 0 Å². The second-order valence-corrected chi connectivity index (χ2v) is 4.75. The molecule has 1 saturated carbocycles. The molecule has 1 aliphatic carbocycles. The van der Waals surface area contributed by atoms with Crippen LogP contribution in [0.2, 0.25) is 0 Å². The van der Waals surface area contributed by atoms with Crippen LogP contribution in [0.4, 0.5) is 5.69 Å². The lowest BCUT2D eigenvalue weighted by Crippen LogP contribution is -2.13. The normalized spacial score (nSPS) is 16.4. The van der Waals surface area contributed by atoms with E-state index in [4.69, 9.17) is 0 Å². The number of hydrogen-bond acceptors (Lipinski definition) is 2. The molecule has 0 aromatic heterocycles. The molecule has 0 radical (unpaired) electrons. The van der Waals surface area contributed by atoms with Gasteiger partial charge in [-0.1, -0.05) is 6.92 Å². The number of benzene rings is 1. The number of Topliss-reactive ketones (excluding diaryl/α,β-unsaturated/α-hetero) is 1. The predicted molar refractivity (Wildman–Crippen MR) is 67.0 cm³/mol. The van der Waals surface area contributed by atoms with Crippen molar-refractivity contribution in [2.45, 2.75) is 26.7 Å². The number of carbonyl (C=O) groups is 2. The summed E-state index contributed by atoms with van der Waals surface area (Å²) in [5, 5.41) is 2.69. The van der Waals surface area contributed by atoms with Gasteiger partial charge in [0, 0.05) is 24.1 Å². The summed E-state index contributed by atoms with van der Waals surface area (Å²) in [6.45, 7) is 3.47. The summed E-state index contributed by atoms with van der Waals surface area (Å²) in [5.74, 6) is 0.816. The Balaban J connectivity index is 2.06. The van der Waals surface area contributed by atoms with Gasteiger partial charge in [-0.25, -0.2) is 0 Å². The molecule has 1 fully saturated rings. The first-order valence-corrected chi connectivity index (χ1v) is 6.00. The summed E-state index contributed by atoms with van der Waals surface area (Å²) in [4.78, 5) is 22.9. The summed E-state index contributed by atoms with van der Waals surface area (Å²) in [6.07, 6.45) is 2.35. The van der Waals surface area contributed by atoms with Crippen LogP contribution in [0.1, 0.15) is 37.0 Å². The fraction of sp³-hybridized carbons (Fsp3) is 0.429. The molecule has 1 N–H and O–H groups in total. The molecular weight excluding hydrogens is 214 g/mol. The molecule has 90 valence electrons. The maximum Gasteiger partial charge on any atom is 0.221 e. The Hall–Kier alpha value is -1.64. The van der Waals surface area contributed by atoms with Crippen molar-refractivity contribution in [3.05, 3.63) is 29.8 Å². The Kier molecular flexibility index (Phi) is 3.27. The van der Waals surface area contributed by atoms with E-state index in [2.05, 4.69) is 5.32 Å². The van der Waals surface area contributed by atoms with E-state index in [1.54, 1.807) is 24.3 Å². The number of ketones is 1. The summed E-state index contributed by atoms with van der Waals surface area (Å²) in [7, 11) is 0. The van der Waals surface area contributed by atoms with Crippen LogP contribution in [0.5, 0.6) is 0 Å². The van der Waals surface area contributed by atoms with E-state index in [0.29, 0.717) is 5.92 Å². The van der Waals surface area contributed by atoms with E-state index in [0.717, 1.165) is 11.3 Å². The van der Waals surface area contributed by atoms with E-state index in [-0.39, 0.29) is 17.6 Å². The molecule has 1 unspecified atom stereocenters. The number of rotatable bonds is 4. The molecule has 1 atom stereocenters. The Labute approximate surface area is 101 Å². The van der Waals surface area contributed by atoms with Crippen LogP contribution < -0.4 is 5.32 Å². The largest absolute Gasteiger partial charge is 0.326 e. The average molecular weight is 231 g/mol. The highest BCUT2D eigenvalue weighted by molar-refractivity contribution is 5.98. The van der Waals surface area contributed by atoms with Gasteiger partial charge in [-0.2, -0.15) is 0 Å². The third-order valence-electron chi connectivity index (χ3n) is 3.23. The third-order valence-corrected chi connectivity index (χ3v) is 3.23. The van der Waals surface area contributed by atoms with Crippen LogP contribution in [-0.2, 0) is 4.79 Å². The fourth-order valence-corrected chi connectivity index (χ4v) is 1.99. The number of amides is 1. The molecule has 0 aliphatic heterocycles. The topological polar surface area (TPSA) is 46.2 Å². The highest BCUT2D eigenvalue weighted by atomic mass is 16.1. The SMILES string of the molecule is CC(=O)Nc1ccc(C(=O)C(C)C2CC2)cc1. The quantitative estimate of drug-likeness (QED) is 0.810. The zero-order chi connectivity index (χ0) is 12.4. The van der Waals surface area contributed by atoms with E-state index in [1.807, 2.05) is 6.92 Å². The van der Waals surface area contributed by atoms with E-state index >= 15 is 0 Å². The second kappa shape index (κ2) is 4.70. The molecule has 0 bridgehead atoms. The maximum absolute atomic E-state index is 12.1. The number of carbonyl (C=O) groups excluding carboxylic acids is 2. The summed E-state index contributed by atoms with van der Waals surface area (Å²) >= 11 is 0. The summed E-state index contributed by atoms with van der Waals surface area (Å²) in [6, 6.07) is 7.11. The molecular formula is C14H17NO2. The zero-order valence-corrected chi connectivity index (χ0v) is 10.2. The molecule has 3 heteroatoms. The number of nitrogens with one attached hydrogen (secondary N) is 1. The molecule has 0 heterocycles. The smallest absolute Gasteiger partial charge is 0.221 e. The molecule has 1 aromatic carbocycles. The van der Waals surface area contributed by atoms with Crippen molar-refractivity contribution >= 4 is 17.4 Å². The number of anilines is 1. The minimum absolute atomic E-state index is 0.101. The van der Waals surface area contributed by atoms with E-state index < -0.39 is 0 Å². The molecule has 1 amide bonds. The minimum Gasteiger partial charge on any atom is -0.326 e. The van der Waals surface area contributed by atoms with Crippen molar-refractivity contribution in [1.82, 2.24) is 0 Å². The highest BCUT2D eigenvalue weighted by Gasteiger charge is 2.32. The first-order chi connectivity index (χ1) is 8.08. The third kappa shape index (κ3) is 2.93. The van der Waals surface area contributed by atoms with Gasteiger partial charge in [0.2, 0.25) is 5.91 Å². The van der Waals surface area contributed by atoms with Crippen molar-refractivity contribution in [3.63, 3.8) is 0 Å². The molecule has 0 spiro atoms. The monoisotopic (exact) mass is 231 g/mol. The summed E-state index contributed by atoms with van der Waals surface area (Å²) in [5.41, 5.74) is 1.46. The Morgan fingerprint density at radius 1 is 1.24 bits per heavy atom. The van der Waals surface area contributed by atoms with Gasteiger partial charge in [-0.15, -0.1) is 0 Å². The van der Waals surface area contributed by atoms with Gasteiger partial charge in [0.05, 0.1) is 0 Å². The van der Waals surface area contributed by atoms with Gasteiger partial charge in [0.1, 0.15) is 0 Å².